The third-order valence-corrected chi connectivity index (χ3v) is 2.98. The summed E-state index contributed by atoms with van der Waals surface area (Å²) in [5.74, 6) is 0.770. The lowest BCUT2D eigenvalue weighted by atomic mass is 10.2. The molecule has 1 aliphatic rings. The summed E-state index contributed by atoms with van der Waals surface area (Å²) in [6.07, 6.45) is 0.506. The zero-order valence-corrected chi connectivity index (χ0v) is 9.33. The van der Waals surface area contributed by atoms with Crippen molar-refractivity contribution in [1.82, 2.24) is 5.32 Å². The number of hydrogen-bond donors (Lipinski definition) is 1. The van der Waals surface area contributed by atoms with Gasteiger partial charge in [0.15, 0.2) is 0 Å². The van der Waals surface area contributed by atoms with Crippen molar-refractivity contribution in [3.05, 3.63) is 30.3 Å². The van der Waals surface area contributed by atoms with Crippen LogP contribution in [-0.4, -0.2) is 23.0 Å². The summed E-state index contributed by atoms with van der Waals surface area (Å²) in [6.45, 7) is 0.418. The first-order valence-corrected chi connectivity index (χ1v) is 5.77. The molecule has 4 nitrogen and oxygen atoms in total. The van der Waals surface area contributed by atoms with Crippen LogP contribution < -0.4 is 10.1 Å². The predicted octanol–water partition coefficient (Wildman–Crippen LogP) is 1.81. The number of benzene rings is 1. The number of hydrogen-bond acceptors (Lipinski definition) is 4. The van der Waals surface area contributed by atoms with Crippen molar-refractivity contribution in [2.45, 2.75) is 12.5 Å². The van der Waals surface area contributed by atoms with Crippen LogP contribution in [0.4, 0.5) is 4.79 Å². The molecule has 1 heterocycles. The van der Waals surface area contributed by atoms with Crippen LogP contribution in [0.5, 0.6) is 5.75 Å². The molecule has 0 aliphatic carbocycles. The average Bonchev–Trinajstić information content (AvgIpc) is 2.59. The molecule has 0 radical (unpaired) electrons. The molecule has 1 aromatic rings. The number of para-hydroxylation sites is 1. The maximum Gasteiger partial charge on any atom is 0.287 e. The second-order valence-corrected chi connectivity index (χ2v) is 4.33. The van der Waals surface area contributed by atoms with Crippen molar-refractivity contribution in [3.8, 4) is 5.75 Å². The zero-order valence-electron chi connectivity index (χ0n) is 8.51. The fourth-order valence-corrected chi connectivity index (χ4v) is 2.10. The maximum atomic E-state index is 11.3. The molecule has 1 N–H and O–H groups in total. The number of ether oxygens (including phenoxy) is 1. The van der Waals surface area contributed by atoms with E-state index in [1.807, 2.05) is 30.3 Å². The number of nitrogens with one attached hydrogen (secondary N) is 1. The smallest absolute Gasteiger partial charge is 0.287 e. The van der Waals surface area contributed by atoms with E-state index in [2.05, 4.69) is 5.32 Å². The minimum absolute atomic E-state index is 0.123. The fourth-order valence-electron chi connectivity index (χ4n) is 1.39. The van der Waals surface area contributed by atoms with E-state index in [1.54, 1.807) is 0 Å². The van der Waals surface area contributed by atoms with Crippen molar-refractivity contribution in [3.63, 3.8) is 0 Å². The number of rotatable bonds is 4. The molecule has 5 heteroatoms. The minimum Gasteiger partial charge on any atom is -0.494 e. The minimum atomic E-state index is -0.402. The molecule has 2 rings (SSSR count). The molecule has 0 aromatic heterocycles. The molecule has 1 aliphatic heterocycles. The second kappa shape index (κ2) is 5.03. The van der Waals surface area contributed by atoms with E-state index in [0.717, 1.165) is 17.5 Å². The third kappa shape index (κ3) is 2.76. The lowest BCUT2D eigenvalue weighted by Gasteiger charge is -2.09. The molecule has 1 amide bonds. The van der Waals surface area contributed by atoms with Crippen molar-refractivity contribution >= 4 is 22.1 Å². The normalized spacial score (nSPS) is 19.6. The molecule has 1 unspecified atom stereocenters. The van der Waals surface area contributed by atoms with Crippen LogP contribution >= 0.6 is 11.8 Å². The largest absolute Gasteiger partial charge is 0.494 e. The predicted molar refractivity (Wildman–Crippen MR) is 61.5 cm³/mol. The standard InChI is InChI=1S/C11H11NO3S/c13-10-9(12-11(14)16-10)6-7-15-8-4-2-1-3-5-8/h1-5,9H,6-7H2,(H,12,14). The highest BCUT2D eigenvalue weighted by atomic mass is 32.2. The summed E-state index contributed by atoms with van der Waals surface area (Å²) in [5, 5.41) is 2.19. The van der Waals surface area contributed by atoms with Crippen molar-refractivity contribution in [2.24, 2.45) is 0 Å². The van der Waals surface area contributed by atoms with E-state index in [1.165, 1.54) is 0 Å². The fraction of sp³-hybridized carbons (Fsp3) is 0.273. The molecule has 0 bridgehead atoms. The number of amides is 1. The van der Waals surface area contributed by atoms with Gasteiger partial charge in [-0.25, -0.2) is 0 Å². The van der Waals surface area contributed by atoms with Crippen molar-refractivity contribution in [2.75, 3.05) is 6.61 Å². The van der Waals surface area contributed by atoms with E-state index in [4.69, 9.17) is 4.74 Å². The summed E-state index contributed by atoms with van der Waals surface area (Å²) in [6, 6.07) is 8.97. The van der Waals surface area contributed by atoms with Gasteiger partial charge >= 0.3 is 0 Å². The average molecular weight is 237 g/mol. The van der Waals surface area contributed by atoms with Gasteiger partial charge in [0, 0.05) is 18.2 Å². The Labute approximate surface area is 97.4 Å². The second-order valence-electron chi connectivity index (χ2n) is 3.36. The van der Waals surface area contributed by atoms with E-state index in [0.29, 0.717) is 13.0 Å². The molecule has 0 spiro atoms. The van der Waals surface area contributed by atoms with Gasteiger partial charge in [0.05, 0.1) is 6.61 Å². The third-order valence-electron chi connectivity index (χ3n) is 2.19. The summed E-state index contributed by atoms with van der Waals surface area (Å²) in [5.41, 5.74) is 0. The Morgan fingerprint density at radius 3 is 2.62 bits per heavy atom. The first-order chi connectivity index (χ1) is 7.75. The highest BCUT2D eigenvalue weighted by molar-refractivity contribution is 8.26. The molecule has 1 aromatic carbocycles. The van der Waals surface area contributed by atoms with Crippen LogP contribution in [-0.2, 0) is 4.79 Å². The Morgan fingerprint density at radius 1 is 1.25 bits per heavy atom. The molecule has 0 saturated carbocycles. The van der Waals surface area contributed by atoms with Gasteiger partial charge in [0.1, 0.15) is 11.8 Å². The summed E-state index contributed by atoms with van der Waals surface area (Å²) in [7, 11) is 0. The maximum absolute atomic E-state index is 11.3. The molecule has 1 atom stereocenters. The Morgan fingerprint density at radius 2 is 2.00 bits per heavy atom. The first-order valence-electron chi connectivity index (χ1n) is 4.96. The Kier molecular flexibility index (Phi) is 3.46. The van der Waals surface area contributed by atoms with Crippen LogP contribution in [0.25, 0.3) is 0 Å². The number of thioether (sulfide) groups is 1. The highest BCUT2D eigenvalue weighted by Crippen LogP contribution is 2.18. The van der Waals surface area contributed by atoms with Gasteiger partial charge in [-0.15, -0.1) is 0 Å². The SMILES string of the molecule is O=C1NC(CCOc2ccccc2)C(=O)S1. The van der Waals surface area contributed by atoms with E-state index in [-0.39, 0.29) is 10.4 Å². The molecule has 84 valence electrons. The van der Waals surface area contributed by atoms with Gasteiger partial charge < -0.3 is 10.1 Å². The summed E-state index contributed by atoms with van der Waals surface area (Å²) < 4.78 is 5.44. The van der Waals surface area contributed by atoms with Gasteiger partial charge in [0.2, 0.25) is 5.12 Å². The molecule has 16 heavy (non-hydrogen) atoms. The van der Waals surface area contributed by atoms with Gasteiger partial charge in [-0.3, -0.25) is 9.59 Å². The molecular weight excluding hydrogens is 226 g/mol. The Bertz CT molecular complexity index is 393. The topological polar surface area (TPSA) is 55.4 Å². The lowest BCUT2D eigenvalue weighted by molar-refractivity contribution is -0.112. The lowest BCUT2D eigenvalue weighted by Crippen LogP contribution is -2.30. The highest BCUT2D eigenvalue weighted by Gasteiger charge is 2.30. The number of carbonyl (C=O) groups excluding carboxylic acids is 2. The summed E-state index contributed by atoms with van der Waals surface area (Å²) >= 11 is 0.730. The Hall–Kier alpha value is -1.49. The van der Waals surface area contributed by atoms with Crippen LogP contribution in [0.2, 0.25) is 0 Å². The van der Waals surface area contributed by atoms with Crippen molar-refractivity contribution in [1.29, 1.82) is 0 Å². The van der Waals surface area contributed by atoms with Gasteiger partial charge in [-0.1, -0.05) is 18.2 Å². The van der Waals surface area contributed by atoms with Crippen LogP contribution in [0.3, 0.4) is 0 Å². The Balaban J connectivity index is 1.76. The molecule has 1 fully saturated rings. The molecule has 1 saturated heterocycles. The van der Waals surface area contributed by atoms with Crippen LogP contribution in [0, 0.1) is 0 Å². The summed E-state index contributed by atoms with van der Waals surface area (Å²) in [4.78, 5) is 22.1. The molecular formula is C11H11NO3S. The number of carbonyl (C=O) groups is 2. The van der Waals surface area contributed by atoms with Crippen molar-refractivity contribution < 1.29 is 14.3 Å². The van der Waals surface area contributed by atoms with E-state index < -0.39 is 6.04 Å². The van der Waals surface area contributed by atoms with Gasteiger partial charge in [0.25, 0.3) is 5.24 Å². The van der Waals surface area contributed by atoms with E-state index >= 15 is 0 Å². The monoisotopic (exact) mass is 237 g/mol. The van der Waals surface area contributed by atoms with Gasteiger partial charge in [-0.05, 0) is 12.1 Å². The van der Waals surface area contributed by atoms with Crippen LogP contribution in [0.15, 0.2) is 30.3 Å². The van der Waals surface area contributed by atoms with Crippen LogP contribution in [0.1, 0.15) is 6.42 Å². The van der Waals surface area contributed by atoms with Gasteiger partial charge in [-0.2, -0.15) is 0 Å². The first kappa shape index (κ1) is 11.0. The quantitative estimate of drug-likeness (QED) is 0.867. The van der Waals surface area contributed by atoms with E-state index in [9.17, 15) is 9.59 Å². The zero-order chi connectivity index (χ0) is 11.4.